The van der Waals surface area contributed by atoms with Crippen LogP contribution in [0.25, 0.3) is 0 Å². The Balaban J connectivity index is 1.56. The average molecular weight is 300 g/mol. The van der Waals surface area contributed by atoms with Crippen LogP contribution < -0.4 is 0 Å². The number of pyridine rings is 1. The Morgan fingerprint density at radius 1 is 1.27 bits per heavy atom. The predicted molar refractivity (Wildman–Crippen MR) is 85.3 cm³/mol. The van der Waals surface area contributed by atoms with E-state index in [1.165, 1.54) is 5.56 Å². The number of rotatable bonds is 4. The van der Waals surface area contributed by atoms with Crippen molar-refractivity contribution in [2.45, 2.75) is 38.3 Å². The maximum absolute atomic E-state index is 10.8. The molecule has 0 unspecified atom stereocenters. The van der Waals surface area contributed by atoms with E-state index in [1.54, 1.807) is 6.20 Å². The first-order chi connectivity index (χ1) is 10.5. The maximum Gasteiger partial charge on any atom is 0.0793 e. The summed E-state index contributed by atoms with van der Waals surface area (Å²) in [6.07, 6.45) is 6.06. The second-order valence-corrected chi connectivity index (χ2v) is 6.43. The van der Waals surface area contributed by atoms with Gasteiger partial charge in [0.15, 0.2) is 0 Å². The summed E-state index contributed by atoms with van der Waals surface area (Å²) in [4.78, 5) is 6.71. The third-order valence-corrected chi connectivity index (χ3v) is 4.51. The molecule has 1 aliphatic rings. The molecule has 22 heavy (non-hydrogen) atoms. The van der Waals surface area contributed by atoms with E-state index >= 15 is 0 Å². The van der Waals surface area contributed by atoms with Crippen LogP contribution in [0.3, 0.4) is 0 Å². The van der Waals surface area contributed by atoms with Gasteiger partial charge in [-0.1, -0.05) is 6.07 Å². The number of aromatic nitrogens is 3. The van der Waals surface area contributed by atoms with E-state index < -0.39 is 5.60 Å². The Kier molecular flexibility index (Phi) is 4.27. The first-order valence-electron chi connectivity index (χ1n) is 7.88. The van der Waals surface area contributed by atoms with Gasteiger partial charge in [0.05, 0.1) is 11.3 Å². The van der Waals surface area contributed by atoms with E-state index in [0.29, 0.717) is 6.42 Å². The number of aryl methyl sites for hydroxylation is 2. The zero-order chi connectivity index (χ0) is 15.6. The molecule has 1 N–H and O–H groups in total. The fourth-order valence-corrected chi connectivity index (χ4v) is 3.17. The molecule has 0 amide bonds. The van der Waals surface area contributed by atoms with Gasteiger partial charge in [-0.3, -0.25) is 14.6 Å². The van der Waals surface area contributed by atoms with E-state index in [0.717, 1.165) is 43.9 Å². The minimum absolute atomic E-state index is 0.621. The van der Waals surface area contributed by atoms with Crippen LogP contribution in [0.4, 0.5) is 0 Å². The maximum atomic E-state index is 10.8. The second-order valence-electron chi connectivity index (χ2n) is 6.43. The fraction of sp³-hybridized carbons (Fsp3) is 0.529. The molecule has 3 rings (SSSR count). The fourth-order valence-electron chi connectivity index (χ4n) is 3.17. The topological polar surface area (TPSA) is 54.2 Å². The minimum atomic E-state index is -0.621. The molecule has 0 bridgehead atoms. The van der Waals surface area contributed by atoms with Gasteiger partial charge < -0.3 is 5.11 Å². The Morgan fingerprint density at radius 2 is 2.05 bits per heavy atom. The summed E-state index contributed by atoms with van der Waals surface area (Å²) in [6, 6.07) is 5.87. The summed E-state index contributed by atoms with van der Waals surface area (Å²) in [6.45, 7) is 4.77. The van der Waals surface area contributed by atoms with Gasteiger partial charge in [0.2, 0.25) is 0 Å². The van der Waals surface area contributed by atoms with Crippen molar-refractivity contribution in [3.63, 3.8) is 0 Å². The quantitative estimate of drug-likeness (QED) is 0.933. The van der Waals surface area contributed by atoms with Gasteiger partial charge in [-0.25, -0.2) is 0 Å². The van der Waals surface area contributed by atoms with Gasteiger partial charge in [-0.2, -0.15) is 5.10 Å². The molecule has 1 saturated heterocycles. The molecule has 0 radical (unpaired) electrons. The van der Waals surface area contributed by atoms with E-state index in [1.807, 2.05) is 29.9 Å². The molecule has 2 aromatic rings. The second kappa shape index (κ2) is 6.18. The monoisotopic (exact) mass is 300 g/mol. The number of aliphatic hydroxyl groups is 1. The van der Waals surface area contributed by atoms with E-state index in [4.69, 9.17) is 0 Å². The van der Waals surface area contributed by atoms with Crippen molar-refractivity contribution in [1.29, 1.82) is 0 Å². The summed E-state index contributed by atoms with van der Waals surface area (Å²) in [5, 5.41) is 15.3. The molecule has 0 aromatic carbocycles. The van der Waals surface area contributed by atoms with Gasteiger partial charge >= 0.3 is 0 Å². The van der Waals surface area contributed by atoms with Crippen LogP contribution in [-0.2, 0) is 20.0 Å². The van der Waals surface area contributed by atoms with Crippen molar-refractivity contribution in [3.05, 3.63) is 47.5 Å². The summed E-state index contributed by atoms with van der Waals surface area (Å²) in [7, 11) is 1.96. The Hall–Kier alpha value is -1.72. The number of likely N-dealkylation sites (tertiary alicyclic amines) is 1. The molecule has 0 aliphatic carbocycles. The lowest BCUT2D eigenvalue weighted by Gasteiger charge is -2.38. The number of piperidine rings is 1. The summed E-state index contributed by atoms with van der Waals surface area (Å²) in [5.74, 6) is 0. The molecular formula is C17H24N4O. The SMILES string of the molecule is Cc1cn(C)nc1CN1CCC(O)(Cc2ccccn2)CC1. The molecular weight excluding hydrogens is 276 g/mol. The highest BCUT2D eigenvalue weighted by atomic mass is 16.3. The molecule has 5 nitrogen and oxygen atoms in total. The normalized spacial score (nSPS) is 18.5. The smallest absolute Gasteiger partial charge is 0.0793 e. The lowest BCUT2D eigenvalue weighted by atomic mass is 9.87. The Morgan fingerprint density at radius 3 is 2.64 bits per heavy atom. The van der Waals surface area contributed by atoms with Gasteiger partial charge in [0, 0.05) is 51.2 Å². The molecule has 5 heteroatoms. The highest BCUT2D eigenvalue weighted by molar-refractivity contribution is 5.15. The minimum Gasteiger partial charge on any atom is -0.389 e. The summed E-state index contributed by atoms with van der Waals surface area (Å²) < 4.78 is 1.87. The lowest BCUT2D eigenvalue weighted by Crippen LogP contribution is -2.45. The zero-order valence-corrected chi connectivity index (χ0v) is 13.4. The van der Waals surface area contributed by atoms with Crippen molar-refractivity contribution < 1.29 is 5.11 Å². The van der Waals surface area contributed by atoms with Gasteiger partial charge in [0.25, 0.3) is 0 Å². The van der Waals surface area contributed by atoms with Crippen LogP contribution in [0.1, 0.15) is 29.8 Å². The predicted octanol–water partition coefficient (Wildman–Crippen LogP) is 1.69. The molecule has 118 valence electrons. The first-order valence-corrected chi connectivity index (χ1v) is 7.88. The van der Waals surface area contributed by atoms with Crippen LogP contribution in [0.2, 0.25) is 0 Å². The highest BCUT2D eigenvalue weighted by Gasteiger charge is 2.33. The molecule has 2 aromatic heterocycles. The highest BCUT2D eigenvalue weighted by Crippen LogP contribution is 2.26. The summed E-state index contributed by atoms with van der Waals surface area (Å²) in [5.41, 5.74) is 2.72. The van der Waals surface area contributed by atoms with Crippen molar-refractivity contribution in [2.24, 2.45) is 7.05 Å². The van der Waals surface area contributed by atoms with Crippen molar-refractivity contribution in [3.8, 4) is 0 Å². The van der Waals surface area contributed by atoms with E-state index in [2.05, 4.69) is 28.1 Å². The Bertz CT molecular complexity index is 615. The lowest BCUT2D eigenvalue weighted by molar-refractivity contribution is -0.0234. The third kappa shape index (κ3) is 3.54. The first kappa shape index (κ1) is 15.2. The van der Waals surface area contributed by atoms with Crippen molar-refractivity contribution in [2.75, 3.05) is 13.1 Å². The molecule has 3 heterocycles. The largest absolute Gasteiger partial charge is 0.389 e. The molecule has 1 fully saturated rings. The van der Waals surface area contributed by atoms with Crippen molar-refractivity contribution >= 4 is 0 Å². The average Bonchev–Trinajstić information content (AvgIpc) is 2.80. The van der Waals surface area contributed by atoms with Crippen molar-refractivity contribution in [1.82, 2.24) is 19.7 Å². The van der Waals surface area contributed by atoms with Crippen LogP contribution >= 0.6 is 0 Å². The van der Waals surface area contributed by atoms with Crippen LogP contribution in [0.15, 0.2) is 30.6 Å². The molecule has 0 spiro atoms. The van der Waals surface area contributed by atoms with Gasteiger partial charge in [0.1, 0.15) is 0 Å². The number of hydrogen-bond donors (Lipinski definition) is 1. The van der Waals surface area contributed by atoms with E-state index in [9.17, 15) is 5.11 Å². The van der Waals surface area contributed by atoms with Gasteiger partial charge in [-0.05, 0) is 37.5 Å². The molecule has 1 aliphatic heterocycles. The Labute approximate surface area is 131 Å². The van der Waals surface area contributed by atoms with E-state index in [-0.39, 0.29) is 0 Å². The standard InChI is InChI=1S/C17H24N4O/c1-14-12-20(2)19-16(14)13-21-9-6-17(22,7-10-21)11-15-5-3-4-8-18-15/h3-5,8,12,22H,6-7,9-11,13H2,1-2H3. The molecule has 0 atom stereocenters. The summed E-state index contributed by atoms with van der Waals surface area (Å²) >= 11 is 0. The number of hydrogen-bond acceptors (Lipinski definition) is 4. The zero-order valence-electron chi connectivity index (χ0n) is 13.4. The van der Waals surface area contributed by atoms with Crippen LogP contribution in [0.5, 0.6) is 0 Å². The number of nitrogens with zero attached hydrogens (tertiary/aromatic N) is 4. The van der Waals surface area contributed by atoms with Crippen LogP contribution in [0, 0.1) is 6.92 Å². The molecule has 0 saturated carbocycles. The van der Waals surface area contributed by atoms with Crippen LogP contribution in [-0.4, -0.2) is 43.5 Å². The van der Waals surface area contributed by atoms with Gasteiger partial charge in [-0.15, -0.1) is 0 Å². The third-order valence-electron chi connectivity index (χ3n) is 4.51.